The summed E-state index contributed by atoms with van der Waals surface area (Å²) in [7, 11) is 0. The molecule has 1 fully saturated rings. The van der Waals surface area contributed by atoms with Crippen molar-refractivity contribution < 1.29 is 4.79 Å². The Morgan fingerprint density at radius 3 is 3.06 bits per heavy atom. The molecule has 1 amide bonds. The summed E-state index contributed by atoms with van der Waals surface area (Å²) in [4.78, 5) is 15.7. The third-order valence-electron chi connectivity index (χ3n) is 2.59. The number of hydrogen-bond acceptors (Lipinski definition) is 2. The largest absolute Gasteiger partial charge is 0.352 e. The molecular formula is C11H12BrClN2O. The molecule has 1 saturated carbocycles. The molecule has 86 valence electrons. The Labute approximate surface area is 108 Å². The quantitative estimate of drug-likeness (QED) is 0.869. The lowest BCUT2D eigenvalue weighted by molar-refractivity contribution is 0.0952. The molecule has 0 saturated heterocycles. The molecule has 16 heavy (non-hydrogen) atoms. The topological polar surface area (TPSA) is 42.0 Å². The van der Waals surface area contributed by atoms with Crippen molar-refractivity contribution in [1.29, 1.82) is 0 Å². The number of halogens is 2. The van der Waals surface area contributed by atoms with Crippen molar-refractivity contribution in [2.45, 2.75) is 19.3 Å². The number of carbonyl (C=O) groups is 1. The first kappa shape index (κ1) is 11.9. The van der Waals surface area contributed by atoms with Gasteiger partial charge in [0.1, 0.15) is 5.15 Å². The predicted octanol–water partition coefficient (Wildman–Crippen LogP) is 3.03. The fourth-order valence-electron chi connectivity index (χ4n) is 1.47. The van der Waals surface area contributed by atoms with Gasteiger partial charge in [0.2, 0.25) is 0 Å². The maximum absolute atomic E-state index is 11.8. The smallest absolute Gasteiger partial charge is 0.254 e. The second-order valence-corrected chi connectivity index (χ2v) is 5.25. The van der Waals surface area contributed by atoms with E-state index in [4.69, 9.17) is 11.6 Å². The van der Waals surface area contributed by atoms with Gasteiger partial charge in [0.15, 0.2) is 0 Å². The zero-order valence-corrected chi connectivity index (χ0v) is 11.0. The van der Waals surface area contributed by atoms with Gasteiger partial charge in [-0.15, -0.1) is 0 Å². The average Bonchev–Trinajstić information content (AvgIpc) is 3.05. The number of amides is 1. The summed E-state index contributed by atoms with van der Waals surface area (Å²) >= 11 is 9.12. The number of rotatable bonds is 4. The van der Waals surface area contributed by atoms with Crippen molar-refractivity contribution in [1.82, 2.24) is 10.3 Å². The lowest BCUT2D eigenvalue weighted by atomic mass is 10.2. The molecule has 1 N–H and O–H groups in total. The monoisotopic (exact) mass is 302 g/mol. The zero-order valence-electron chi connectivity index (χ0n) is 8.67. The van der Waals surface area contributed by atoms with Crippen molar-refractivity contribution in [2.75, 3.05) is 6.54 Å². The Kier molecular flexibility index (Phi) is 3.82. The molecule has 1 aliphatic rings. The van der Waals surface area contributed by atoms with E-state index < -0.39 is 0 Å². The summed E-state index contributed by atoms with van der Waals surface area (Å²) in [5.41, 5.74) is 0.423. The fraction of sp³-hybridized carbons (Fsp3) is 0.455. The molecule has 0 aliphatic heterocycles. The first-order valence-corrected chi connectivity index (χ1v) is 6.43. The van der Waals surface area contributed by atoms with Crippen LogP contribution in [-0.2, 0) is 0 Å². The third-order valence-corrected chi connectivity index (χ3v) is 3.32. The molecular weight excluding hydrogens is 291 g/mol. The van der Waals surface area contributed by atoms with Crippen LogP contribution in [0, 0.1) is 5.92 Å². The minimum absolute atomic E-state index is 0.153. The minimum Gasteiger partial charge on any atom is -0.352 e. The summed E-state index contributed by atoms with van der Waals surface area (Å²) in [6.45, 7) is 0.715. The number of nitrogens with zero attached hydrogens (tertiary/aromatic N) is 1. The van der Waals surface area contributed by atoms with Gasteiger partial charge in [-0.3, -0.25) is 4.79 Å². The van der Waals surface area contributed by atoms with Gasteiger partial charge in [-0.1, -0.05) is 24.4 Å². The van der Waals surface area contributed by atoms with E-state index in [1.165, 1.54) is 12.8 Å². The highest BCUT2D eigenvalue weighted by molar-refractivity contribution is 9.10. The summed E-state index contributed by atoms with van der Waals surface area (Å²) in [6, 6.07) is 1.68. The average molecular weight is 304 g/mol. The number of nitrogens with one attached hydrogen (secondary N) is 1. The van der Waals surface area contributed by atoms with Crippen LogP contribution in [-0.4, -0.2) is 17.4 Å². The molecule has 1 aromatic rings. The van der Waals surface area contributed by atoms with Gasteiger partial charge in [0.25, 0.3) is 5.91 Å². The summed E-state index contributed by atoms with van der Waals surface area (Å²) in [5, 5.41) is 3.10. The maximum atomic E-state index is 11.8. The van der Waals surface area contributed by atoms with Crippen LogP contribution in [0.25, 0.3) is 0 Å². The Balaban J connectivity index is 1.93. The van der Waals surface area contributed by atoms with Crippen LogP contribution in [0.4, 0.5) is 0 Å². The standard InChI is InChI=1S/C11H12BrClN2O/c12-8-5-9(10(13)15-6-8)11(16)14-4-3-7-1-2-7/h5-7H,1-4H2,(H,14,16). The Morgan fingerprint density at radius 2 is 2.38 bits per heavy atom. The lowest BCUT2D eigenvalue weighted by Crippen LogP contribution is -2.25. The van der Waals surface area contributed by atoms with Crippen LogP contribution < -0.4 is 5.32 Å². The van der Waals surface area contributed by atoms with Crippen molar-refractivity contribution >= 4 is 33.4 Å². The Bertz CT molecular complexity index is 407. The van der Waals surface area contributed by atoms with E-state index in [1.54, 1.807) is 12.3 Å². The summed E-state index contributed by atoms with van der Waals surface area (Å²) < 4.78 is 0.754. The molecule has 2 rings (SSSR count). The first-order chi connectivity index (χ1) is 7.66. The van der Waals surface area contributed by atoms with Gasteiger partial charge in [0.05, 0.1) is 5.56 Å². The highest BCUT2D eigenvalue weighted by Crippen LogP contribution is 2.31. The Morgan fingerprint density at radius 1 is 1.62 bits per heavy atom. The van der Waals surface area contributed by atoms with Crippen LogP contribution in [0.2, 0.25) is 5.15 Å². The third kappa shape index (κ3) is 3.19. The molecule has 1 aromatic heterocycles. The maximum Gasteiger partial charge on any atom is 0.254 e. The van der Waals surface area contributed by atoms with Gasteiger partial charge < -0.3 is 5.32 Å². The molecule has 0 spiro atoms. The van der Waals surface area contributed by atoms with E-state index >= 15 is 0 Å². The molecule has 5 heteroatoms. The number of aromatic nitrogens is 1. The molecule has 1 heterocycles. The van der Waals surface area contributed by atoms with E-state index in [9.17, 15) is 4.79 Å². The lowest BCUT2D eigenvalue weighted by Gasteiger charge is -2.06. The van der Waals surface area contributed by atoms with Crippen LogP contribution in [0.15, 0.2) is 16.7 Å². The second-order valence-electron chi connectivity index (χ2n) is 3.98. The molecule has 0 atom stereocenters. The van der Waals surface area contributed by atoms with Crippen LogP contribution in [0.3, 0.4) is 0 Å². The summed E-state index contributed by atoms with van der Waals surface area (Å²) in [5.74, 6) is 0.663. The predicted molar refractivity (Wildman–Crippen MR) is 66.6 cm³/mol. The number of carbonyl (C=O) groups excluding carboxylic acids is 1. The van der Waals surface area contributed by atoms with Crippen molar-refractivity contribution in [2.24, 2.45) is 5.92 Å². The molecule has 0 bridgehead atoms. The minimum atomic E-state index is -0.153. The zero-order chi connectivity index (χ0) is 11.5. The van der Waals surface area contributed by atoms with E-state index in [0.717, 1.165) is 16.8 Å². The number of hydrogen-bond donors (Lipinski definition) is 1. The van der Waals surface area contributed by atoms with Crippen molar-refractivity contribution in [3.05, 3.63) is 27.5 Å². The molecule has 1 aliphatic carbocycles. The Hall–Kier alpha value is -0.610. The van der Waals surface area contributed by atoms with Crippen molar-refractivity contribution in [3.8, 4) is 0 Å². The van der Waals surface area contributed by atoms with Crippen LogP contribution >= 0.6 is 27.5 Å². The van der Waals surface area contributed by atoms with Gasteiger partial charge in [0, 0.05) is 17.2 Å². The summed E-state index contributed by atoms with van der Waals surface area (Å²) in [6.07, 6.45) is 5.23. The number of pyridine rings is 1. The van der Waals surface area contributed by atoms with Crippen LogP contribution in [0.5, 0.6) is 0 Å². The normalized spacial score (nSPS) is 14.9. The fourth-order valence-corrected chi connectivity index (χ4v) is 1.99. The van der Waals surface area contributed by atoms with E-state index in [1.807, 2.05) is 0 Å². The molecule has 0 unspecified atom stereocenters. The van der Waals surface area contributed by atoms with Gasteiger partial charge in [-0.25, -0.2) is 4.98 Å². The van der Waals surface area contributed by atoms with E-state index in [-0.39, 0.29) is 11.1 Å². The molecule has 3 nitrogen and oxygen atoms in total. The van der Waals surface area contributed by atoms with Gasteiger partial charge >= 0.3 is 0 Å². The second kappa shape index (κ2) is 5.15. The first-order valence-electron chi connectivity index (χ1n) is 5.26. The van der Waals surface area contributed by atoms with Gasteiger partial charge in [-0.2, -0.15) is 0 Å². The van der Waals surface area contributed by atoms with Gasteiger partial charge in [-0.05, 0) is 34.3 Å². The highest BCUT2D eigenvalue weighted by Gasteiger charge is 2.21. The van der Waals surface area contributed by atoms with E-state index in [2.05, 4.69) is 26.2 Å². The SMILES string of the molecule is O=C(NCCC1CC1)c1cc(Br)cnc1Cl. The van der Waals surface area contributed by atoms with Crippen LogP contribution in [0.1, 0.15) is 29.6 Å². The molecule has 0 aromatic carbocycles. The van der Waals surface area contributed by atoms with Crippen molar-refractivity contribution in [3.63, 3.8) is 0 Å². The highest BCUT2D eigenvalue weighted by atomic mass is 79.9. The molecule has 0 radical (unpaired) electrons. The van der Waals surface area contributed by atoms with E-state index in [0.29, 0.717) is 12.1 Å².